The number of rotatable bonds is 5. The van der Waals surface area contributed by atoms with Crippen LogP contribution < -0.4 is 10.6 Å². The monoisotopic (exact) mass is 315 g/mol. The van der Waals surface area contributed by atoms with Crippen molar-refractivity contribution in [2.75, 3.05) is 11.9 Å². The smallest absolute Gasteiger partial charge is 0.251 e. The molecule has 0 aromatic heterocycles. The highest BCUT2D eigenvalue weighted by Gasteiger charge is 2.38. The number of carbonyl (C=O) groups excluding carboxylic acids is 1. The molecular formula is C19H29N3O. The van der Waals surface area contributed by atoms with Gasteiger partial charge in [0.25, 0.3) is 5.91 Å². The molecule has 0 spiro atoms. The Labute approximate surface area is 139 Å². The van der Waals surface area contributed by atoms with Crippen LogP contribution in [0.25, 0.3) is 0 Å². The van der Waals surface area contributed by atoms with Gasteiger partial charge in [-0.2, -0.15) is 0 Å². The van der Waals surface area contributed by atoms with E-state index in [9.17, 15) is 4.79 Å². The largest absolute Gasteiger partial charge is 0.381 e. The maximum Gasteiger partial charge on any atom is 0.251 e. The Balaban J connectivity index is 1.63. The lowest BCUT2D eigenvalue weighted by Crippen LogP contribution is -2.31. The topological polar surface area (TPSA) is 44.4 Å². The van der Waals surface area contributed by atoms with Crippen LogP contribution in [0, 0.1) is 6.92 Å². The quantitative estimate of drug-likeness (QED) is 0.877. The lowest BCUT2D eigenvalue weighted by molar-refractivity contribution is 0.0942. The second-order valence-electron chi connectivity index (χ2n) is 7.51. The third kappa shape index (κ3) is 3.86. The van der Waals surface area contributed by atoms with Crippen LogP contribution >= 0.6 is 0 Å². The van der Waals surface area contributed by atoms with Gasteiger partial charge in [0.05, 0.1) is 0 Å². The fourth-order valence-electron chi connectivity index (χ4n) is 3.66. The van der Waals surface area contributed by atoms with E-state index in [1.165, 1.54) is 19.3 Å². The molecule has 23 heavy (non-hydrogen) atoms. The number of hydrogen-bond donors (Lipinski definition) is 2. The molecule has 1 saturated heterocycles. The fourth-order valence-corrected chi connectivity index (χ4v) is 3.66. The summed E-state index contributed by atoms with van der Waals surface area (Å²) in [6.45, 7) is 9.45. The minimum atomic E-state index is 0.0125. The van der Waals surface area contributed by atoms with Gasteiger partial charge in [-0.15, -0.1) is 0 Å². The lowest BCUT2D eigenvalue weighted by Gasteiger charge is -2.20. The summed E-state index contributed by atoms with van der Waals surface area (Å²) < 4.78 is 0. The van der Waals surface area contributed by atoms with Crippen molar-refractivity contribution < 1.29 is 4.79 Å². The van der Waals surface area contributed by atoms with Crippen LogP contribution in [0.1, 0.15) is 56.0 Å². The molecule has 2 atom stereocenters. The van der Waals surface area contributed by atoms with E-state index in [4.69, 9.17) is 0 Å². The van der Waals surface area contributed by atoms with E-state index in [0.29, 0.717) is 12.1 Å². The number of amides is 1. The van der Waals surface area contributed by atoms with Gasteiger partial charge in [0, 0.05) is 42.0 Å². The number of likely N-dealkylation sites (tertiary alicyclic amines) is 1. The van der Waals surface area contributed by atoms with Crippen LogP contribution in [0.5, 0.6) is 0 Å². The number of aryl methyl sites for hydroxylation is 1. The Morgan fingerprint density at radius 3 is 2.65 bits per heavy atom. The van der Waals surface area contributed by atoms with Crippen molar-refractivity contribution in [2.45, 2.75) is 71.1 Å². The summed E-state index contributed by atoms with van der Waals surface area (Å²) in [5.41, 5.74) is 2.92. The van der Waals surface area contributed by atoms with Crippen molar-refractivity contribution in [1.82, 2.24) is 10.2 Å². The van der Waals surface area contributed by atoms with Crippen molar-refractivity contribution in [3.8, 4) is 0 Å². The Morgan fingerprint density at radius 2 is 2.04 bits per heavy atom. The Kier molecular flexibility index (Phi) is 4.62. The molecule has 126 valence electrons. The number of nitrogens with zero attached hydrogens (tertiary/aromatic N) is 1. The highest BCUT2D eigenvalue weighted by molar-refractivity contribution is 5.96. The molecule has 1 heterocycles. The highest BCUT2D eigenvalue weighted by Crippen LogP contribution is 2.34. The van der Waals surface area contributed by atoms with Gasteiger partial charge < -0.3 is 10.6 Å². The van der Waals surface area contributed by atoms with Gasteiger partial charge in [-0.1, -0.05) is 0 Å². The third-order valence-corrected chi connectivity index (χ3v) is 4.90. The highest BCUT2D eigenvalue weighted by atomic mass is 16.1. The Morgan fingerprint density at radius 1 is 1.30 bits per heavy atom. The van der Waals surface area contributed by atoms with E-state index in [1.54, 1.807) is 0 Å². The molecule has 4 nitrogen and oxygen atoms in total. The normalized spacial score (nSPS) is 24.9. The van der Waals surface area contributed by atoms with Gasteiger partial charge in [0.1, 0.15) is 0 Å². The van der Waals surface area contributed by atoms with Crippen molar-refractivity contribution in [2.24, 2.45) is 0 Å². The number of hydrogen-bond acceptors (Lipinski definition) is 3. The van der Waals surface area contributed by atoms with Crippen molar-refractivity contribution in [3.63, 3.8) is 0 Å². The zero-order chi connectivity index (χ0) is 16.6. The van der Waals surface area contributed by atoms with E-state index >= 15 is 0 Å². The van der Waals surface area contributed by atoms with Gasteiger partial charge in [-0.05, 0) is 70.7 Å². The molecule has 2 aliphatic rings. The molecule has 1 saturated carbocycles. The van der Waals surface area contributed by atoms with Gasteiger partial charge in [-0.3, -0.25) is 9.69 Å². The molecule has 2 fully saturated rings. The SMILES string of the molecule is Cc1cc(N[C@@H]2C[C@H](C)N(C3CC3)C2)ccc1C(=O)NC(C)C. The summed E-state index contributed by atoms with van der Waals surface area (Å²) in [4.78, 5) is 14.8. The molecule has 1 amide bonds. The molecule has 2 N–H and O–H groups in total. The minimum absolute atomic E-state index is 0.0125. The van der Waals surface area contributed by atoms with Gasteiger partial charge in [0.15, 0.2) is 0 Å². The molecule has 1 aliphatic carbocycles. The van der Waals surface area contributed by atoms with E-state index in [1.807, 2.05) is 32.9 Å². The summed E-state index contributed by atoms with van der Waals surface area (Å²) in [6, 6.07) is 8.25. The third-order valence-electron chi connectivity index (χ3n) is 4.90. The van der Waals surface area contributed by atoms with Crippen molar-refractivity contribution >= 4 is 11.6 Å². The van der Waals surface area contributed by atoms with Gasteiger partial charge in [0.2, 0.25) is 0 Å². The van der Waals surface area contributed by atoms with E-state index in [-0.39, 0.29) is 11.9 Å². The Hall–Kier alpha value is -1.55. The van der Waals surface area contributed by atoms with Crippen LogP contribution in [-0.4, -0.2) is 41.5 Å². The molecule has 0 unspecified atom stereocenters. The number of carbonyl (C=O) groups is 1. The van der Waals surface area contributed by atoms with Crippen LogP contribution in [-0.2, 0) is 0 Å². The Bertz CT molecular complexity index is 580. The number of benzene rings is 1. The molecule has 1 aromatic rings. The summed E-state index contributed by atoms with van der Waals surface area (Å²) in [5, 5.41) is 6.62. The van der Waals surface area contributed by atoms with Crippen LogP contribution in [0.4, 0.5) is 5.69 Å². The summed E-state index contributed by atoms with van der Waals surface area (Å²) in [5.74, 6) is 0.0125. The summed E-state index contributed by atoms with van der Waals surface area (Å²) in [6.07, 6.45) is 3.94. The summed E-state index contributed by atoms with van der Waals surface area (Å²) >= 11 is 0. The molecule has 1 aliphatic heterocycles. The first-order chi connectivity index (χ1) is 10.9. The standard InChI is InChI=1S/C19H29N3O/c1-12(2)20-19(23)18-8-5-15(9-13(18)3)21-16-10-14(4)22(11-16)17-6-7-17/h5,8-9,12,14,16-17,21H,6-7,10-11H2,1-4H3,(H,20,23)/t14-,16+/m0/s1. The zero-order valence-corrected chi connectivity index (χ0v) is 14.7. The van der Waals surface area contributed by atoms with E-state index < -0.39 is 0 Å². The van der Waals surface area contributed by atoms with Crippen LogP contribution in [0.2, 0.25) is 0 Å². The first-order valence-electron chi connectivity index (χ1n) is 8.88. The summed E-state index contributed by atoms with van der Waals surface area (Å²) in [7, 11) is 0. The lowest BCUT2D eigenvalue weighted by atomic mass is 10.1. The predicted octanol–water partition coefficient (Wildman–Crippen LogP) is 3.17. The second kappa shape index (κ2) is 6.52. The minimum Gasteiger partial charge on any atom is -0.381 e. The van der Waals surface area contributed by atoms with Crippen LogP contribution in [0.3, 0.4) is 0 Å². The fraction of sp³-hybridized carbons (Fsp3) is 0.632. The molecule has 0 radical (unpaired) electrons. The first kappa shape index (κ1) is 16.3. The molecular weight excluding hydrogens is 286 g/mol. The first-order valence-corrected chi connectivity index (χ1v) is 8.88. The van der Waals surface area contributed by atoms with Crippen LogP contribution in [0.15, 0.2) is 18.2 Å². The molecule has 0 bridgehead atoms. The average Bonchev–Trinajstić information content (AvgIpc) is 3.22. The van der Waals surface area contributed by atoms with E-state index in [0.717, 1.165) is 29.4 Å². The maximum absolute atomic E-state index is 12.2. The van der Waals surface area contributed by atoms with E-state index in [2.05, 4.69) is 28.5 Å². The predicted molar refractivity (Wildman–Crippen MR) is 95.0 cm³/mol. The number of anilines is 1. The van der Waals surface area contributed by atoms with Crippen molar-refractivity contribution in [3.05, 3.63) is 29.3 Å². The molecule has 1 aromatic carbocycles. The average molecular weight is 315 g/mol. The van der Waals surface area contributed by atoms with Gasteiger partial charge >= 0.3 is 0 Å². The molecule has 4 heteroatoms. The second-order valence-corrected chi connectivity index (χ2v) is 7.51. The van der Waals surface area contributed by atoms with Crippen molar-refractivity contribution in [1.29, 1.82) is 0 Å². The maximum atomic E-state index is 12.2. The van der Waals surface area contributed by atoms with Gasteiger partial charge in [-0.25, -0.2) is 0 Å². The number of nitrogens with one attached hydrogen (secondary N) is 2. The molecule has 3 rings (SSSR count). The zero-order valence-electron chi connectivity index (χ0n) is 14.7.